The van der Waals surface area contributed by atoms with Crippen LogP contribution in [0.1, 0.15) is 5.56 Å². The first-order valence-electron chi connectivity index (χ1n) is 2.65. The molecule has 0 radical (unpaired) electrons. The molecule has 1 aromatic carbocycles. The molecule has 0 spiro atoms. The number of hydrogen-bond donors (Lipinski definition) is 0. The van der Waals surface area contributed by atoms with E-state index in [1.165, 1.54) is 18.2 Å². The molecule has 0 saturated heterocycles. The minimum Gasteiger partial charge on any atom is -0.205 e. The summed E-state index contributed by atoms with van der Waals surface area (Å²) in [4.78, 5) is 0. The van der Waals surface area contributed by atoms with Gasteiger partial charge >= 0.3 is 0 Å². The molecule has 0 unspecified atom stereocenters. The lowest BCUT2D eigenvalue weighted by Crippen LogP contribution is -1.77. The minimum absolute atomic E-state index is 0.0652. The molecule has 2 heteroatoms. The van der Waals surface area contributed by atoms with E-state index in [2.05, 4.69) is 5.92 Å². The van der Waals surface area contributed by atoms with Gasteiger partial charge in [-0.2, -0.15) is 0 Å². The molecule has 0 atom stereocenters. The number of rotatable bonds is 0. The van der Waals surface area contributed by atoms with Crippen LogP contribution in [0, 0.1) is 18.2 Å². The van der Waals surface area contributed by atoms with E-state index in [1.54, 1.807) is 0 Å². The highest BCUT2D eigenvalue weighted by Gasteiger charge is 1.97. The van der Waals surface area contributed by atoms with E-state index in [0.717, 1.165) is 0 Å². The van der Waals surface area contributed by atoms with E-state index in [1.807, 2.05) is 0 Å². The van der Waals surface area contributed by atoms with Crippen LogP contribution in [0.2, 0.25) is 5.02 Å². The Hall–Kier alpha value is -1.00. The van der Waals surface area contributed by atoms with Crippen molar-refractivity contribution in [2.75, 3.05) is 0 Å². The lowest BCUT2D eigenvalue weighted by atomic mass is 10.2. The van der Waals surface area contributed by atoms with Crippen LogP contribution in [-0.2, 0) is 0 Å². The largest absolute Gasteiger partial charge is 0.205 e. The zero-order chi connectivity index (χ0) is 7.56. The predicted molar refractivity (Wildman–Crippen MR) is 39.3 cm³/mol. The van der Waals surface area contributed by atoms with Crippen LogP contribution in [0.15, 0.2) is 18.2 Å². The summed E-state index contributed by atoms with van der Waals surface area (Å²) < 4.78 is 12.4. The monoisotopic (exact) mass is 154 g/mol. The van der Waals surface area contributed by atoms with Gasteiger partial charge in [-0.15, -0.1) is 6.42 Å². The molecule has 0 heterocycles. The Balaban J connectivity index is 3.20. The van der Waals surface area contributed by atoms with Crippen molar-refractivity contribution in [3.8, 4) is 12.3 Å². The Morgan fingerprint density at radius 3 is 2.70 bits per heavy atom. The second-order valence-electron chi connectivity index (χ2n) is 1.77. The molecule has 0 N–H and O–H groups in total. The molecule has 0 aromatic heterocycles. The maximum atomic E-state index is 12.4. The lowest BCUT2D eigenvalue weighted by molar-refractivity contribution is 0.628. The van der Waals surface area contributed by atoms with Crippen LogP contribution < -0.4 is 0 Å². The van der Waals surface area contributed by atoms with Gasteiger partial charge in [-0.05, 0) is 18.2 Å². The van der Waals surface area contributed by atoms with E-state index < -0.39 is 5.82 Å². The van der Waals surface area contributed by atoms with Gasteiger partial charge in [0.25, 0.3) is 0 Å². The molecule has 10 heavy (non-hydrogen) atoms. The van der Waals surface area contributed by atoms with E-state index in [0.29, 0.717) is 5.56 Å². The minimum atomic E-state index is -0.444. The molecule has 0 bridgehead atoms. The molecular formula is C8H4ClF. The average molecular weight is 155 g/mol. The predicted octanol–water partition coefficient (Wildman–Crippen LogP) is 2.46. The Kier molecular flexibility index (Phi) is 1.94. The third kappa shape index (κ3) is 1.29. The van der Waals surface area contributed by atoms with Gasteiger partial charge in [0.15, 0.2) is 0 Å². The second-order valence-corrected chi connectivity index (χ2v) is 2.18. The maximum Gasteiger partial charge on any atom is 0.141 e. The zero-order valence-electron chi connectivity index (χ0n) is 5.07. The van der Waals surface area contributed by atoms with Gasteiger partial charge < -0.3 is 0 Å². The standard InChI is InChI=1S/C8H4ClF/c1-2-6-3-4-8(10)7(9)5-6/h1,3-5H. The fraction of sp³-hybridized carbons (Fsp3) is 0. The topological polar surface area (TPSA) is 0 Å². The molecule has 0 saturated carbocycles. The molecular weight excluding hydrogens is 151 g/mol. The van der Waals surface area contributed by atoms with E-state index in [4.69, 9.17) is 18.0 Å². The summed E-state index contributed by atoms with van der Waals surface area (Å²) in [5.74, 6) is 1.90. The summed E-state index contributed by atoms with van der Waals surface area (Å²) in [7, 11) is 0. The van der Waals surface area contributed by atoms with Gasteiger partial charge in [-0.25, -0.2) is 4.39 Å². The SMILES string of the molecule is C#Cc1ccc(F)c(Cl)c1. The molecule has 1 rings (SSSR count). The van der Waals surface area contributed by atoms with Crippen LogP contribution in [0.3, 0.4) is 0 Å². The van der Waals surface area contributed by atoms with Crippen LogP contribution in [-0.4, -0.2) is 0 Å². The first-order valence-corrected chi connectivity index (χ1v) is 3.03. The highest BCUT2D eigenvalue weighted by molar-refractivity contribution is 6.30. The van der Waals surface area contributed by atoms with Gasteiger partial charge in [-0.3, -0.25) is 0 Å². The summed E-state index contributed by atoms with van der Waals surface area (Å²) in [6.45, 7) is 0. The van der Waals surface area contributed by atoms with Crippen molar-refractivity contribution >= 4 is 11.6 Å². The summed E-state index contributed by atoms with van der Waals surface area (Å²) in [6.07, 6.45) is 5.04. The van der Waals surface area contributed by atoms with Gasteiger partial charge in [0, 0.05) is 5.56 Å². The molecule has 0 nitrogen and oxygen atoms in total. The number of halogens is 2. The van der Waals surface area contributed by atoms with E-state index in [-0.39, 0.29) is 5.02 Å². The normalized spacial score (nSPS) is 8.90. The molecule has 0 fully saturated rings. The van der Waals surface area contributed by atoms with Crippen LogP contribution >= 0.6 is 11.6 Å². The van der Waals surface area contributed by atoms with E-state index in [9.17, 15) is 4.39 Å². The van der Waals surface area contributed by atoms with Gasteiger partial charge in [0.1, 0.15) is 5.82 Å². The van der Waals surface area contributed by atoms with E-state index >= 15 is 0 Å². The Morgan fingerprint density at radius 2 is 2.20 bits per heavy atom. The molecule has 0 aliphatic carbocycles. The number of terminal acetylenes is 1. The zero-order valence-corrected chi connectivity index (χ0v) is 5.82. The quantitative estimate of drug-likeness (QED) is 0.504. The van der Waals surface area contributed by atoms with Gasteiger partial charge in [0.2, 0.25) is 0 Å². The van der Waals surface area contributed by atoms with Crippen molar-refractivity contribution in [1.29, 1.82) is 0 Å². The number of hydrogen-bond acceptors (Lipinski definition) is 0. The maximum absolute atomic E-state index is 12.4. The summed E-state index contributed by atoms with van der Waals surface area (Å²) >= 11 is 5.42. The Morgan fingerprint density at radius 1 is 1.50 bits per heavy atom. The van der Waals surface area contributed by atoms with Crippen molar-refractivity contribution in [2.24, 2.45) is 0 Å². The molecule has 1 aromatic rings. The number of benzene rings is 1. The van der Waals surface area contributed by atoms with Crippen LogP contribution in [0.5, 0.6) is 0 Å². The first kappa shape index (κ1) is 7.11. The van der Waals surface area contributed by atoms with Crippen molar-refractivity contribution in [3.63, 3.8) is 0 Å². The Labute approximate surface area is 63.6 Å². The highest BCUT2D eigenvalue weighted by Crippen LogP contribution is 2.14. The van der Waals surface area contributed by atoms with Crippen LogP contribution in [0.25, 0.3) is 0 Å². The van der Waals surface area contributed by atoms with Crippen LogP contribution in [0.4, 0.5) is 4.39 Å². The fourth-order valence-corrected chi connectivity index (χ4v) is 0.766. The van der Waals surface area contributed by atoms with Crippen molar-refractivity contribution in [2.45, 2.75) is 0 Å². The Bertz CT molecular complexity index is 286. The lowest BCUT2D eigenvalue weighted by Gasteiger charge is -1.92. The van der Waals surface area contributed by atoms with Crippen molar-refractivity contribution in [3.05, 3.63) is 34.6 Å². The van der Waals surface area contributed by atoms with Crippen molar-refractivity contribution in [1.82, 2.24) is 0 Å². The molecule has 50 valence electrons. The molecule has 0 aliphatic rings. The summed E-state index contributed by atoms with van der Waals surface area (Å²) in [5.41, 5.74) is 0.589. The van der Waals surface area contributed by atoms with Crippen molar-refractivity contribution < 1.29 is 4.39 Å². The fourth-order valence-electron chi connectivity index (χ4n) is 0.586. The highest BCUT2D eigenvalue weighted by atomic mass is 35.5. The summed E-state index contributed by atoms with van der Waals surface area (Å²) in [5, 5.41) is 0.0652. The van der Waals surface area contributed by atoms with Gasteiger partial charge in [-0.1, -0.05) is 17.5 Å². The average Bonchev–Trinajstić information content (AvgIpc) is 1.95. The molecule has 0 aliphatic heterocycles. The second kappa shape index (κ2) is 2.72. The smallest absolute Gasteiger partial charge is 0.141 e. The third-order valence-electron chi connectivity index (χ3n) is 1.09. The van der Waals surface area contributed by atoms with Gasteiger partial charge in [0.05, 0.1) is 5.02 Å². The molecule has 0 amide bonds. The first-order chi connectivity index (χ1) is 4.74. The summed E-state index contributed by atoms with van der Waals surface area (Å²) in [6, 6.07) is 4.16. The third-order valence-corrected chi connectivity index (χ3v) is 1.38.